The van der Waals surface area contributed by atoms with Crippen LogP contribution in [0, 0.1) is 13.8 Å². The van der Waals surface area contributed by atoms with Gasteiger partial charge in [-0.1, -0.05) is 35.4 Å². The van der Waals surface area contributed by atoms with Crippen LogP contribution in [-0.4, -0.2) is 51.1 Å². The molecule has 0 amide bonds. The maximum atomic E-state index is 8.56. The summed E-state index contributed by atoms with van der Waals surface area (Å²) < 4.78 is 24.1. The fourth-order valence-corrected chi connectivity index (χ4v) is 0.807. The quantitative estimate of drug-likeness (QED) is 0.541. The third-order valence-corrected chi connectivity index (χ3v) is 1.17. The number of hydrogen-bond donors (Lipinski definition) is 1. The Morgan fingerprint density at radius 1 is 1.38 bits per heavy atom. The van der Waals surface area contributed by atoms with E-state index >= 15 is 0 Å². The molecule has 0 saturated heterocycles. The van der Waals surface area contributed by atoms with E-state index < -0.39 is 11.4 Å². The van der Waals surface area contributed by atoms with Crippen LogP contribution in [0.25, 0.3) is 0 Å². The zero-order chi connectivity index (χ0) is 9.56. The molecule has 1 aromatic carbocycles. The molecule has 0 aliphatic rings. The minimum atomic E-state index is -2.86. The van der Waals surface area contributed by atoms with E-state index in [4.69, 9.17) is 13.3 Å². The van der Waals surface area contributed by atoms with E-state index in [1.807, 2.05) is 0 Å². The van der Waals surface area contributed by atoms with Gasteiger partial charge in [-0.3, -0.25) is 0 Å². The molecule has 0 bridgehead atoms. The molecule has 5 heteroatoms. The van der Waals surface area contributed by atoms with Gasteiger partial charge < -0.3 is 12.0 Å². The van der Waals surface area contributed by atoms with Crippen LogP contribution >= 0.6 is 0 Å². The van der Waals surface area contributed by atoms with E-state index in [9.17, 15) is 0 Å². The summed E-state index contributed by atoms with van der Waals surface area (Å²) in [6.07, 6.45) is 0. The van der Waals surface area contributed by atoms with Crippen molar-refractivity contribution in [1.82, 2.24) is 0 Å². The van der Waals surface area contributed by atoms with E-state index in [0.29, 0.717) is 0 Å². The first kappa shape index (κ1) is 16.0. The van der Waals surface area contributed by atoms with Crippen molar-refractivity contribution in [3.05, 3.63) is 35.4 Å². The van der Waals surface area contributed by atoms with Crippen LogP contribution in [0.3, 0.4) is 0 Å². The average Bonchev–Trinajstić information content (AvgIpc) is 1.84. The van der Waals surface area contributed by atoms with Crippen LogP contribution in [-0.2, 0) is 11.4 Å². The first-order chi connectivity index (χ1) is 5.52. The van der Waals surface area contributed by atoms with Crippen molar-refractivity contribution < 1.29 is 16.2 Å². The van der Waals surface area contributed by atoms with Gasteiger partial charge in [0.1, 0.15) is 0 Å². The van der Waals surface area contributed by atoms with Crippen molar-refractivity contribution in [2.75, 3.05) is 0 Å². The van der Waals surface area contributed by atoms with Crippen LogP contribution in [0.5, 0.6) is 0 Å². The molecule has 0 aliphatic heterocycles. The summed E-state index contributed by atoms with van der Waals surface area (Å²) in [6, 6.07) is 8.45. The molecular weight excluding hydrogens is 216 g/mol. The second-order valence-corrected chi connectivity index (χ2v) is 2.81. The molecule has 1 atom stereocenters. The van der Waals surface area contributed by atoms with Crippen LogP contribution in [0.1, 0.15) is 14.0 Å². The van der Waals surface area contributed by atoms with E-state index in [1.54, 1.807) is 0 Å². The number of hydrogen-bond acceptors (Lipinski definition) is 2. The molecule has 0 aliphatic carbocycles. The van der Waals surface area contributed by atoms with Gasteiger partial charge in [0.05, 0.1) is 11.4 Å². The summed E-state index contributed by atoms with van der Waals surface area (Å²) in [5.41, 5.74) is 2.68. The predicted octanol–water partition coefficient (Wildman–Crippen LogP) is 1.49. The Balaban J connectivity index is -0.0000000779. The number of aryl methyl sites for hydroxylation is 2. The molecule has 0 spiro atoms. The average molecular weight is 229 g/mol. The fraction of sp³-hybridized carbons (Fsp3) is 0.250. The van der Waals surface area contributed by atoms with Gasteiger partial charge >= 0.3 is 37.7 Å². The van der Waals surface area contributed by atoms with Gasteiger partial charge in [0.2, 0.25) is 0 Å². The van der Waals surface area contributed by atoms with Gasteiger partial charge in [0, 0.05) is 0 Å². The molecule has 3 nitrogen and oxygen atoms in total. The topological polar surface area (TPSA) is 60.4 Å². The minimum absolute atomic E-state index is 0. The number of rotatable bonds is 0. The summed E-state index contributed by atoms with van der Waals surface area (Å²) in [5.74, 6) is 0. The second kappa shape index (κ2) is 9.12. The Hall–Kier alpha value is 0.550. The van der Waals surface area contributed by atoms with Crippen molar-refractivity contribution in [3.63, 3.8) is 0 Å². The second-order valence-electron chi connectivity index (χ2n) is 2.38. The molecular formula is C8H13CaO3S-. The zero-order valence-corrected chi connectivity index (χ0v) is 10.7. The van der Waals surface area contributed by atoms with E-state index in [-0.39, 0.29) is 40.6 Å². The molecule has 1 aromatic rings. The van der Waals surface area contributed by atoms with E-state index in [1.165, 1.54) is 11.1 Å². The van der Waals surface area contributed by atoms with Gasteiger partial charge in [0.15, 0.2) is 0 Å². The minimum Gasteiger partial charge on any atom is -1.00 e. The summed E-state index contributed by atoms with van der Waals surface area (Å²) in [4.78, 5) is 0. The van der Waals surface area contributed by atoms with Gasteiger partial charge in [0.25, 0.3) is 0 Å². The maximum absolute atomic E-state index is 8.56. The summed E-state index contributed by atoms with van der Waals surface area (Å²) in [6.45, 7) is 4.21. The largest absolute Gasteiger partial charge is 2.00 e. The van der Waals surface area contributed by atoms with Gasteiger partial charge in [-0.2, -0.15) is 0 Å². The Kier molecular flexibility index (Phi) is 11.2. The van der Waals surface area contributed by atoms with Crippen molar-refractivity contribution in [1.29, 1.82) is 0 Å². The molecule has 0 aromatic heterocycles. The van der Waals surface area contributed by atoms with Gasteiger partial charge in [-0.25, -0.2) is 4.21 Å². The molecule has 13 heavy (non-hydrogen) atoms. The fourth-order valence-electron chi connectivity index (χ4n) is 0.807. The number of benzene rings is 1. The molecule has 0 fully saturated rings. The van der Waals surface area contributed by atoms with Crippen molar-refractivity contribution in [2.24, 2.45) is 0 Å². The molecule has 0 saturated carbocycles. The molecule has 1 N–H and O–H groups in total. The SMILES string of the molecule is Cc1cccc(C)c1.O=S([O-])O.[Ca+2].[H-].[H-]. The first-order valence-electron chi connectivity index (χ1n) is 3.34. The third-order valence-electron chi connectivity index (χ3n) is 1.17. The summed E-state index contributed by atoms with van der Waals surface area (Å²) >= 11 is -2.86. The smallest absolute Gasteiger partial charge is 1.00 e. The Morgan fingerprint density at radius 2 is 1.69 bits per heavy atom. The Morgan fingerprint density at radius 3 is 1.85 bits per heavy atom. The van der Waals surface area contributed by atoms with Crippen LogP contribution in [0.2, 0.25) is 0 Å². The molecule has 0 heterocycles. The standard InChI is InChI=1S/C8H10.Ca.H2O3S.2H/c1-7-4-3-5-8(2)6-7;;1-4(2)3;;/h3-6H,1-2H3;;(H2,1,2,3);;/q;+2;;2*-1/p-1. The van der Waals surface area contributed by atoms with Crippen LogP contribution in [0.4, 0.5) is 0 Å². The molecule has 1 unspecified atom stereocenters. The van der Waals surface area contributed by atoms with Crippen LogP contribution < -0.4 is 0 Å². The zero-order valence-electron chi connectivity index (χ0n) is 9.69. The Labute approximate surface area is 114 Å². The van der Waals surface area contributed by atoms with Crippen molar-refractivity contribution in [2.45, 2.75) is 13.8 Å². The normalized spacial score (nSPS) is 10.5. The van der Waals surface area contributed by atoms with Crippen molar-refractivity contribution in [3.8, 4) is 0 Å². The third kappa shape index (κ3) is 12.5. The summed E-state index contributed by atoms with van der Waals surface area (Å²) in [5, 5.41) is 0. The van der Waals surface area contributed by atoms with Crippen molar-refractivity contribution >= 4 is 49.1 Å². The summed E-state index contributed by atoms with van der Waals surface area (Å²) in [7, 11) is 0. The maximum Gasteiger partial charge on any atom is 2.00 e. The van der Waals surface area contributed by atoms with E-state index in [2.05, 4.69) is 38.1 Å². The van der Waals surface area contributed by atoms with Gasteiger partial charge in [-0.15, -0.1) is 0 Å². The van der Waals surface area contributed by atoms with Crippen LogP contribution in [0.15, 0.2) is 24.3 Å². The predicted molar refractivity (Wildman–Crippen MR) is 55.4 cm³/mol. The first-order valence-corrected chi connectivity index (χ1v) is 4.37. The molecule has 1 rings (SSSR count). The van der Waals surface area contributed by atoms with E-state index in [0.717, 1.165) is 0 Å². The molecule has 72 valence electrons. The Bertz CT molecular complexity index is 253. The molecule has 0 radical (unpaired) electrons. The van der Waals surface area contributed by atoms with Gasteiger partial charge in [-0.05, 0) is 13.8 Å². The monoisotopic (exact) mass is 229 g/mol.